The van der Waals surface area contributed by atoms with E-state index in [9.17, 15) is 22.8 Å². The number of carbonyl (C=O) groups is 2. The fraction of sp³-hybridized carbons (Fsp3) is 0.556. The van der Waals surface area contributed by atoms with Gasteiger partial charge in [0.2, 0.25) is 0 Å². The number of ketones is 1. The average molecular weight is 506 g/mol. The molecule has 1 N–H and O–H groups in total. The van der Waals surface area contributed by atoms with Crippen LogP contribution in [-0.2, 0) is 12.1 Å². The Hall–Kier alpha value is -2.81. The summed E-state index contributed by atoms with van der Waals surface area (Å²) in [7, 11) is 0. The minimum absolute atomic E-state index is 0.0861. The molecule has 1 fully saturated rings. The Labute approximate surface area is 209 Å². The molecule has 3 heterocycles. The Bertz CT molecular complexity index is 1110. The van der Waals surface area contributed by atoms with Crippen molar-refractivity contribution >= 4 is 11.7 Å². The summed E-state index contributed by atoms with van der Waals surface area (Å²) in [6.45, 7) is 9.88. The number of benzene rings is 1. The number of alkyl halides is 3. The summed E-state index contributed by atoms with van der Waals surface area (Å²) in [4.78, 5) is 27.0. The lowest BCUT2D eigenvalue weighted by Crippen LogP contribution is -2.63. The molecule has 0 bridgehead atoms. The number of fused-ring (bicyclic) bond motifs is 2. The van der Waals surface area contributed by atoms with Crippen molar-refractivity contribution in [1.82, 2.24) is 14.8 Å². The van der Waals surface area contributed by atoms with Crippen molar-refractivity contribution in [3.05, 3.63) is 53.3 Å². The summed E-state index contributed by atoms with van der Waals surface area (Å²) in [6.07, 6.45) is -2.91. The maximum Gasteiger partial charge on any atom is 0.456 e. The second-order valence-corrected chi connectivity index (χ2v) is 11.0. The minimum atomic E-state index is -4.93. The SMILES string of the molecule is CC(C)CCOc1ccc(C(=O)N2CCC3(CC2)NC(C)(C)Cn2c(C(=O)C(F)(F)F)ccc23)cc1. The van der Waals surface area contributed by atoms with Crippen LogP contribution >= 0.6 is 0 Å². The molecule has 196 valence electrons. The monoisotopic (exact) mass is 505 g/mol. The number of likely N-dealkylation sites (tertiary alicyclic amines) is 1. The maximum absolute atomic E-state index is 13.2. The van der Waals surface area contributed by atoms with E-state index >= 15 is 0 Å². The number of carbonyl (C=O) groups excluding carboxylic acids is 2. The number of halogens is 3. The predicted molar refractivity (Wildman–Crippen MR) is 130 cm³/mol. The molecule has 0 unspecified atom stereocenters. The van der Waals surface area contributed by atoms with Gasteiger partial charge >= 0.3 is 6.18 Å². The molecule has 1 aromatic carbocycles. The van der Waals surface area contributed by atoms with Crippen molar-refractivity contribution in [3.63, 3.8) is 0 Å². The molecule has 1 amide bonds. The number of amides is 1. The Kier molecular flexibility index (Phi) is 6.98. The van der Waals surface area contributed by atoms with Crippen LogP contribution in [0.1, 0.15) is 73.5 Å². The van der Waals surface area contributed by atoms with Gasteiger partial charge in [-0.2, -0.15) is 13.2 Å². The predicted octanol–water partition coefficient (Wildman–Crippen LogP) is 5.17. The molecule has 1 spiro atoms. The van der Waals surface area contributed by atoms with E-state index in [0.717, 1.165) is 12.2 Å². The molecule has 0 radical (unpaired) electrons. The van der Waals surface area contributed by atoms with Crippen LogP contribution in [0.25, 0.3) is 0 Å². The van der Waals surface area contributed by atoms with E-state index in [1.54, 1.807) is 35.2 Å². The molecule has 2 aromatic rings. The number of Topliss-reactive ketones (excluding diaryl/α,β-unsaturated/α-hetero) is 1. The first-order chi connectivity index (χ1) is 16.8. The third-order valence-electron chi connectivity index (χ3n) is 7.06. The largest absolute Gasteiger partial charge is 0.494 e. The van der Waals surface area contributed by atoms with Gasteiger partial charge in [0.1, 0.15) is 5.75 Å². The number of nitrogens with one attached hydrogen (secondary N) is 1. The number of aromatic nitrogens is 1. The average Bonchev–Trinajstić information content (AvgIpc) is 3.21. The molecule has 0 saturated carbocycles. The first-order valence-corrected chi connectivity index (χ1v) is 12.4. The van der Waals surface area contributed by atoms with Crippen molar-refractivity contribution < 1.29 is 27.5 Å². The quantitative estimate of drug-likeness (QED) is 0.550. The summed E-state index contributed by atoms with van der Waals surface area (Å²) in [6, 6.07) is 10.0. The van der Waals surface area contributed by atoms with Crippen molar-refractivity contribution in [2.45, 2.75) is 70.8 Å². The van der Waals surface area contributed by atoms with E-state index in [1.165, 1.54) is 10.6 Å². The molecule has 6 nitrogen and oxygen atoms in total. The van der Waals surface area contributed by atoms with Crippen molar-refractivity contribution in [1.29, 1.82) is 0 Å². The standard InChI is InChI=1S/C27H34F3N3O3/c1-18(2)11-16-36-20-7-5-19(6-8-20)24(35)32-14-12-26(13-15-32)22-10-9-21(23(34)27(28,29)30)33(22)17-25(3,4)31-26/h5-10,18,31H,11-17H2,1-4H3. The van der Waals surface area contributed by atoms with Crippen LogP contribution in [0.5, 0.6) is 5.75 Å². The number of hydrogen-bond donors (Lipinski definition) is 1. The van der Waals surface area contributed by atoms with Crippen molar-refractivity contribution in [2.24, 2.45) is 5.92 Å². The lowest BCUT2D eigenvalue weighted by molar-refractivity contribution is -0.0892. The highest BCUT2D eigenvalue weighted by atomic mass is 19.4. The van der Waals surface area contributed by atoms with E-state index < -0.39 is 23.0 Å². The number of hydrogen-bond acceptors (Lipinski definition) is 4. The van der Waals surface area contributed by atoms with E-state index in [4.69, 9.17) is 4.74 Å². The Balaban J connectivity index is 1.48. The summed E-state index contributed by atoms with van der Waals surface area (Å²) in [5, 5.41) is 3.62. The smallest absolute Gasteiger partial charge is 0.456 e. The van der Waals surface area contributed by atoms with Crippen LogP contribution in [0.2, 0.25) is 0 Å². The zero-order valence-corrected chi connectivity index (χ0v) is 21.2. The van der Waals surface area contributed by atoms with E-state index in [0.29, 0.717) is 49.7 Å². The summed E-state index contributed by atoms with van der Waals surface area (Å²) in [5.74, 6) is -0.636. The van der Waals surface area contributed by atoms with Crippen LogP contribution in [-0.4, -0.2) is 52.6 Å². The van der Waals surface area contributed by atoms with Crippen molar-refractivity contribution in [3.8, 4) is 5.75 Å². The molecular weight excluding hydrogens is 471 g/mol. The molecule has 2 aliphatic heterocycles. The highest BCUT2D eigenvalue weighted by Crippen LogP contribution is 2.41. The Morgan fingerprint density at radius 3 is 2.28 bits per heavy atom. The maximum atomic E-state index is 13.2. The number of ether oxygens (including phenoxy) is 1. The van der Waals surface area contributed by atoms with Crippen LogP contribution in [0.3, 0.4) is 0 Å². The van der Waals surface area contributed by atoms with E-state index in [2.05, 4.69) is 19.2 Å². The van der Waals surface area contributed by atoms with Gasteiger partial charge < -0.3 is 14.2 Å². The minimum Gasteiger partial charge on any atom is -0.494 e. The number of rotatable bonds is 6. The van der Waals surface area contributed by atoms with Crippen LogP contribution < -0.4 is 10.1 Å². The van der Waals surface area contributed by atoms with Crippen LogP contribution in [0.15, 0.2) is 36.4 Å². The number of piperidine rings is 1. The van der Waals surface area contributed by atoms with Crippen LogP contribution in [0.4, 0.5) is 13.2 Å². The molecule has 4 rings (SSSR count). The van der Waals surface area contributed by atoms with Gasteiger partial charge in [0.15, 0.2) is 0 Å². The van der Waals surface area contributed by atoms with Gasteiger partial charge in [0.25, 0.3) is 11.7 Å². The highest BCUT2D eigenvalue weighted by Gasteiger charge is 2.49. The molecule has 9 heteroatoms. The second kappa shape index (κ2) is 9.57. The Morgan fingerprint density at radius 2 is 1.69 bits per heavy atom. The lowest BCUT2D eigenvalue weighted by Gasteiger charge is -2.51. The number of nitrogens with zero attached hydrogens (tertiary/aromatic N) is 2. The van der Waals surface area contributed by atoms with Gasteiger partial charge in [-0.05, 0) is 75.4 Å². The lowest BCUT2D eigenvalue weighted by atomic mass is 9.79. The molecule has 1 aromatic heterocycles. The third kappa shape index (κ3) is 5.31. The van der Waals surface area contributed by atoms with Gasteiger partial charge in [-0.3, -0.25) is 14.9 Å². The van der Waals surface area contributed by atoms with Crippen molar-refractivity contribution in [2.75, 3.05) is 19.7 Å². The first-order valence-electron chi connectivity index (χ1n) is 12.4. The van der Waals surface area contributed by atoms with Gasteiger partial charge in [0, 0.05) is 36.4 Å². The summed E-state index contributed by atoms with van der Waals surface area (Å²) < 4.78 is 46.8. The van der Waals surface area contributed by atoms with Crippen LogP contribution in [0, 0.1) is 5.92 Å². The highest BCUT2D eigenvalue weighted by molar-refractivity contribution is 5.99. The fourth-order valence-electron chi connectivity index (χ4n) is 5.31. The van der Waals surface area contributed by atoms with E-state index in [-0.39, 0.29) is 18.1 Å². The zero-order chi connectivity index (χ0) is 26.3. The zero-order valence-electron chi connectivity index (χ0n) is 21.2. The van der Waals surface area contributed by atoms with Gasteiger partial charge in [-0.25, -0.2) is 0 Å². The first kappa shape index (κ1) is 26.3. The summed E-state index contributed by atoms with van der Waals surface area (Å²) >= 11 is 0. The Morgan fingerprint density at radius 1 is 1.06 bits per heavy atom. The summed E-state index contributed by atoms with van der Waals surface area (Å²) in [5.41, 5.74) is -0.230. The molecule has 36 heavy (non-hydrogen) atoms. The fourth-order valence-corrected chi connectivity index (χ4v) is 5.31. The van der Waals surface area contributed by atoms with Gasteiger partial charge in [-0.1, -0.05) is 13.8 Å². The molecule has 0 atom stereocenters. The van der Waals surface area contributed by atoms with Gasteiger partial charge in [-0.15, -0.1) is 0 Å². The van der Waals surface area contributed by atoms with Gasteiger partial charge in [0.05, 0.1) is 17.8 Å². The molecule has 0 aliphatic carbocycles. The molecular formula is C27H34F3N3O3. The molecule has 2 aliphatic rings. The topological polar surface area (TPSA) is 63.6 Å². The third-order valence-corrected chi connectivity index (χ3v) is 7.06. The van der Waals surface area contributed by atoms with E-state index in [1.807, 2.05) is 13.8 Å². The molecule has 1 saturated heterocycles. The normalized spacial score (nSPS) is 18.8. The second-order valence-electron chi connectivity index (χ2n) is 11.0.